The fourth-order valence-corrected chi connectivity index (χ4v) is 1.63. The Balaban J connectivity index is 1.74. The molecule has 1 fully saturated rings. The summed E-state index contributed by atoms with van der Waals surface area (Å²) in [5.74, 6) is 1.88. The lowest BCUT2D eigenvalue weighted by Crippen LogP contribution is -2.16. The van der Waals surface area contributed by atoms with Crippen LogP contribution in [0, 0.1) is 0 Å². The first-order valence-corrected chi connectivity index (χ1v) is 7.08. The molecule has 88 valence electrons. The Kier molecular flexibility index (Phi) is 4.48. The smallest absolute Gasteiger partial charge is 0.137 e. The highest BCUT2D eigenvalue weighted by Gasteiger charge is 2.19. The average molecular weight is 238 g/mol. The van der Waals surface area contributed by atoms with E-state index >= 15 is 0 Å². The molecule has 1 aliphatic carbocycles. The Morgan fingerprint density at radius 3 is 3.00 bits per heavy atom. The van der Waals surface area contributed by atoms with Gasteiger partial charge in [0.1, 0.15) is 5.75 Å². The molecule has 1 heterocycles. The van der Waals surface area contributed by atoms with Gasteiger partial charge in [-0.2, -0.15) is 11.8 Å². The molecule has 0 spiro atoms. The predicted octanol–water partition coefficient (Wildman–Crippen LogP) is 2.08. The molecule has 1 saturated carbocycles. The second-order valence-corrected chi connectivity index (χ2v) is 4.97. The van der Waals surface area contributed by atoms with E-state index < -0.39 is 0 Å². The van der Waals surface area contributed by atoms with Crippen LogP contribution in [0.2, 0.25) is 0 Å². The van der Waals surface area contributed by atoms with Gasteiger partial charge in [0.15, 0.2) is 0 Å². The number of nitrogens with zero attached hydrogens (tertiary/aromatic N) is 1. The zero-order chi connectivity index (χ0) is 11.2. The summed E-state index contributed by atoms with van der Waals surface area (Å²) in [5, 5.41) is 3.44. The van der Waals surface area contributed by atoms with Crippen molar-refractivity contribution in [2.75, 3.05) is 18.6 Å². The Morgan fingerprint density at radius 1 is 1.50 bits per heavy atom. The fraction of sp³-hybridized carbons (Fsp3) is 0.583. The van der Waals surface area contributed by atoms with Gasteiger partial charge in [-0.05, 0) is 31.2 Å². The van der Waals surface area contributed by atoms with Crippen molar-refractivity contribution >= 4 is 11.8 Å². The summed E-state index contributed by atoms with van der Waals surface area (Å²) in [4.78, 5) is 4.36. The summed E-state index contributed by atoms with van der Waals surface area (Å²) < 4.78 is 5.54. The first kappa shape index (κ1) is 11.7. The minimum absolute atomic E-state index is 0.735. The van der Waals surface area contributed by atoms with Crippen LogP contribution in [0.3, 0.4) is 0 Å². The molecule has 0 radical (unpaired) electrons. The van der Waals surface area contributed by atoms with E-state index in [1.807, 2.05) is 18.3 Å². The quantitative estimate of drug-likeness (QED) is 0.737. The Bertz CT molecular complexity index is 311. The lowest BCUT2D eigenvalue weighted by Gasteiger charge is -2.06. The molecule has 0 amide bonds. The number of rotatable bonds is 7. The molecule has 1 aliphatic rings. The van der Waals surface area contributed by atoms with E-state index in [9.17, 15) is 0 Å². The maximum atomic E-state index is 5.54. The summed E-state index contributed by atoms with van der Waals surface area (Å²) in [6, 6.07) is 4.76. The van der Waals surface area contributed by atoms with Gasteiger partial charge in [0.25, 0.3) is 0 Å². The third-order valence-corrected chi connectivity index (χ3v) is 3.08. The molecule has 2 rings (SSSR count). The second-order valence-electron chi connectivity index (χ2n) is 3.98. The maximum absolute atomic E-state index is 5.54. The maximum Gasteiger partial charge on any atom is 0.137 e. The van der Waals surface area contributed by atoms with Gasteiger partial charge in [-0.25, -0.2) is 0 Å². The molecule has 0 saturated heterocycles. The van der Waals surface area contributed by atoms with Gasteiger partial charge in [0.05, 0.1) is 18.5 Å². The van der Waals surface area contributed by atoms with Crippen molar-refractivity contribution in [3.8, 4) is 5.75 Å². The van der Waals surface area contributed by atoms with E-state index in [1.165, 1.54) is 12.8 Å². The van der Waals surface area contributed by atoms with Gasteiger partial charge in [0.2, 0.25) is 0 Å². The first-order valence-electron chi connectivity index (χ1n) is 5.68. The lowest BCUT2D eigenvalue weighted by atomic mass is 10.3. The molecule has 0 bridgehead atoms. The zero-order valence-electron chi connectivity index (χ0n) is 9.61. The molecule has 1 N–H and O–H groups in total. The summed E-state index contributed by atoms with van der Waals surface area (Å²) in [6.07, 6.45) is 6.52. The van der Waals surface area contributed by atoms with Gasteiger partial charge >= 0.3 is 0 Å². The largest absolute Gasteiger partial charge is 0.491 e. The van der Waals surface area contributed by atoms with E-state index in [2.05, 4.69) is 16.6 Å². The molecule has 1 aromatic rings. The number of hydrogen-bond acceptors (Lipinski definition) is 4. The number of nitrogens with one attached hydrogen (secondary N) is 1. The van der Waals surface area contributed by atoms with E-state index in [0.717, 1.165) is 36.4 Å². The number of hydrogen-bond donors (Lipinski definition) is 1. The third kappa shape index (κ3) is 4.02. The molecule has 1 aromatic heterocycles. The second kappa shape index (κ2) is 6.11. The standard InChI is InChI=1S/C12H18N2OS/c1-16-7-6-15-12-5-4-11(14-9-12)8-13-10-2-3-10/h4-5,9-10,13H,2-3,6-8H2,1H3. The Morgan fingerprint density at radius 2 is 2.38 bits per heavy atom. The highest BCUT2D eigenvalue weighted by atomic mass is 32.2. The number of aromatic nitrogens is 1. The van der Waals surface area contributed by atoms with Crippen LogP contribution in [0.5, 0.6) is 5.75 Å². The van der Waals surface area contributed by atoms with Crippen molar-refractivity contribution in [1.29, 1.82) is 0 Å². The van der Waals surface area contributed by atoms with Crippen LogP contribution in [0.25, 0.3) is 0 Å². The van der Waals surface area contributed by atoms with E-state index in [4.69, 9.17) is 4.74 Å². The lowest BCUT2D eigenvalue weighted by molar-refractivity contribution is 0.342. The monoisotopic (exact) mass is 238 g/mol. The van der Waals surface area contributed by atoms with Crippen molar-refractivity contribution in [3.63, 3.8) is 0 Å². The fourth-order valence-electron chi connectivity index (χ4n) is 1.38. The Labute approximate surface area is 101 Å². The SMILES string of the molecule is CSCCOc1ccc(CNC2CC2)nc1. The highest BCUT2D eigenvalue weighted by molar-refractivity contribution is 7.98. The molecule has 3 nitrogen and oxygen atoms in total. The topological polar surface area (TPSA) is 34.1 Å². The van der Waals surface area contributed by atoms with Gasteiger partial charge in [-0.1, -0.05) is 0 Å². The highest BCUT2D eigenvalue weighted by Crippen LogP contribution is 2.19. The molecule has 0 aromatic carbocycles. The van der Waals surface area contributed by atoms with Crippen molar-refractivity contribution < 1.29 is 4.74 Å². The van der Waals surface area contributed by atoms with Crippen molar-refractivity contribution in [3.05, 3.63) is 24.0 Å². The third-order valence-electron chi connectivity index (χ3n) is 2.50. The molecule has 0 aliphatic heterocycles. The molecule has 0 atom stereocenters. The van der Waals surface area contributed by atoms with Gasteiger partial charge in [-0.15, -0.1) is 0 Å². The van der Waals surface area contributed by atoms with Gasteiger partial charge in [0, 0.05) is 18.3 Å². The molecular formula is C12H18N2OS. The first-order chi connectivity index (χ1) is 7.88. The predicted molar refractivity (Wildman–Crippen MR) is 68.0 cm³/mol. The van der Waals surface area contributed by atoms with Crippen LogP contribution < -0.4 is 10.1 Å². The van der Waals surface area contributed by atoms with Gasteiger partial charge < -0.3 is 10.1 Å². The van der Waals surface area contributed by atoms with Crippen molar-refractivity contribution in [1.82, 2.24) is 10.3 Å². The van der Waals surface area contributed by atoms with E-state index in [1.54, 1.807) is 11.8 Å². The van der Waals surface area contributed by atoms with Crippen LogP contribution in [0.15, 0.2) is 18.3 Å². The average Bonchev–Trinajstić information content (AvgIpc) is 3.12. The number of thioether (sulfide) groups is 1. The summed E-state index contributed by atoms with van der Waals surface area (Å²) in [5.41, 5.74) is 1.09. The normalized spacial score (nSPS) is 15.1. The number of pyridine rings is 1. The number of ether oxygens (including phenoxy) is 1. The van der Waals surface area contributed by atoms with E-state index in [-0.39, 0.29) is 0 Å². The van der Waals surface area contributed by atoms with Crippen LogP contribution in [-0.4, -0.2) is 29.6 Å². The Hall–Kier alpha value is -0.740. The molecule has 0 unspecified atom stereocenters. The van der Waals surface area contributed by atoms with Crippen LogP contribution >= 0.6 is 11.8 Å². The molecule has 16 heavy (non-hydrogen) atoms. The van der Waals surface area contributed by atoms with E-state index in [0.29, 0.717) is 0 Å². The summed E-state index contributed by atoms with van der Waals surface area (Å²) in [7, 11) is 0. The molecule has 4 heteroatoms. The van der Waals surface area contributed by atoms with Gasteiger partial charge in [-0.3, -0.25) is 4.98 Å². The van der Waals surface area contributed by atoms with Crippen molar-refractivity contribution in [2.24, 2.45) is 0 Å². The van der Waals surface area contributed by atoms with Crippen LogP contribution in [-0.2, 0) is 6.54 Å². The van der Waals surface area contributed by atoms with Crippen molar-refractivity contribution in [2.45, 2.75) is 25.4 Å². The molecular weight excluding hydrogens is 220 g/mol. The van der Waals surface area contributed by atoms with Crippen LogP contribution in [0.1, 0.15) is 18.5 Å². The minimum Gasteiger partial charge on any atom is -0.491 e. The zero-order valence-corrected chi connectivity index (χ0v) is 10.4. The summed E-state index contributed by atoms with van der Waals surface area (Å²) >= 11 is 1.79. The van der Waals surface area contributed by atoms with Crippen LogP contribution in [0.4, 0.5) is 0 Å². The summed E-state index contributed by atoms with van der Waals surface area (Å²) in [6.45, 7) is 1.62. The minimum atomic E-state index is 0.735.